The Hall–Kier alpha value is -1.69. The lowest BCUT2D eigenvalue weighted by Crippen LogP contribution is -1.58. The zero-order chi connectivity index (χ0) is 7.23. The van der Waals surface area contributed by atoms with Crippen molar-refractivity contribution in [3.05, 3.63) is 30.3 Å². The highest BCUT2D eigenvalue weighted by molar-refractivity contribution is 5.34. The molecule has 0 unspecified atom stereocenters. The maximum atomic E-state index is 8.02. The van der Waals surface area contributed by atoms with Gasteiger partial charge in [-0.1, -0.05) is 23.3 Å². The van der Waals surface area contributed by atoms with Crippen LogP contribution in [0.5, 0.6) is 0 Å². The fraction of sp³-hybridized carbons (Fsp3) is 0. The molecule has 0 spiro atoms. The summed E-state index contributed by atoms with van der Waals surface area (Å²) in [7, 11) is 0. The number of nitrogens with zero attached hydrogens (tertiary/aromatic N) is 3. The topological polar surface area (TPSA) is 48.5 Å². The summed E-state index contributed by atoms with van der Waals surface area (Å²) in [4.78, 5) is 0. The first kappa shape index (κ1) is 6.43. The maximum absolute atomic E-state index is 8.02. The molecule has 0 N–H and O–H groups in total. The van der Waals surface area contributed by atoms with Crippen molar-refractivity contribution in [2.45, 2.75) is 0 Å². The lowest BCUT2D eigenvalue weighted by molar-refractivity contribution is 1.23. The highest BCUT2D eigenvalue weighted by atomic mass is 15.1. The van der Waals surface area contributed by atoms with Crippen molar-refractivity contribution in [1.29, 1.82) is 5.26 Å². The Balaban J connectivity index is 2.79. The average Bonchev–Trinajstić information content (AvgIpc) is 2.03. The van der Waals surface area contributed by atoms with Gasteiger partial charge in [0.25, 0.3) is 0 Å². The Morgan fingerprint density at radius 3 is 2.50 bits per heavy atom. The third-order valence-electron chi connectivity index (χ3n) is 0.966. The molecule has 0 amide bonds. The molecule has 0 bridgehead atoms. The molecule has 0 aliphatic rings. The van der Waals surface area contributed by atoms with Gasteiger partial charge in [0.1, 0.15) is 0 Å². The molecule has 0 saturated carbocycles. The number of benzene rings is 1. The Labute approximate surface area is 58.6 Å². The molecule has 1 aromatic carbocycles. The van der Waals surface area contributed by atoms with Crippen LogP contribution in [0.2, 0.25) is 0 Å². The van der Waals surface area contributed by atoms with E-state index >= 15 is 0 Å². The lowest BCUT2D eigenvalue weighted by Gasteiger charge is -1.84. The summed E-state index contributed by atoms with van der Waals surface area (Å²) >= 11 is 0. The van der Waals surface area contributed by atoms with E-state index in [1.165, 1.54) is 0 Å². The van der Waals surface area contributed by atoms with Crippen LogP contribution in [0.1, 0.15) is 0 Å². The van der Waals surface area contributed by atoms with Crippen LogP contribution in [0, 0.1) is 11.5 Å². The Bertz CT molecular complexity index is 258. The van der Waals surface area contributed by atoms with E-state index in [9.17, 15) is 0 Å². The van der Waals surface area contributed by atoms with Crippen molar-refractivity contribution in [3.63, 3.8) is 0 Å². The third kappa shape index (κ3) is 1.67. The molecule has 0 heterocycles. The minimum atomic E-state index is 0.698. The van der Waals surface area contributed by atoms with Gasteiger partial charge >= 0.3 is 0 Å². The minimum absolute atomic E-state index is 0.698. The minimum Gasteiger partial charge on any atom is -0.169 e. The van der Waals surface area contributed by atoms with Crippen molar-refractivity contribution in [2.75, 3.05) is 0 Å². The third-order valence-corrected chi connectivity index (χ3v) is 0.966. The molecule has 48 valence electrons. The monoisotopic (exact) mass is 131 g/mol. The molecule has 0 aliphatic carbocycles. The van der Waals surface area contributed by atoms with Crippen LogP contribution in [-0.4, -0.2) is 0 Å². The summed E-state index contributed by atoms with van der Waals surface area (Å²) in [6.07, 6.45) is 1.57. The van der Waals surface area contributed by atoms with Crippen molar-refractivity contribution < 1.29 is 0 Å². The van der Waals surface area contributed by atoms with E-state index in [2.05, 4.69) is 10.2 Å². The first-order valence-electron chi connectivity index (χ1n) is 2.78. The first-order chi connectivity index (χ1) is 4.93. The lowest BCUT2D eigenvalue weighted by atomic mass is 10.3. The van der Waals surface area contributed by atoms with E-state index in [1.807, 2.05) is 18.2 Å². The number of hydrogen-bond acceptors (Lipinski definition) is 3. The summed E-state index contributed by atoms with van der Waals surface area (Å²) in [6.45, 7) is 0. The second kappa shape index (κ2) is 3.36. The van der Waals surface area contributed by atoms with Gasteiger partial charge < -0.3 is 0 Å². The maximum Gasteiger partial charge on any atom is 0.226 e. The van der Waals surface area contributed by atoms with E-state index in [4.69, 9.17) is 5.26 Å². The van der Waals surface area contributed by atoms with Gasteiger partial charge in [-0.2, -0.15) is 5.26 Å². The molecule has 0 fully saturated rings. The molecule has 3 heteroatoms. The van der Waals surface area contributed by atoms with E-state index in [0.29, 0.717) is 5.69 Å². The van der Waals surface area contributed by atoms with Gasteiger partial charge in [0.15, 0.2) is 0 Å². The average molecular weight is 131 g/mol. The highest BCUT2D eigenvalue weighted by Gasteiger charge is 1.81. The van der Waals surface area contributed by atoms with E-state index < -0.39 is 0 Å². The van der Waals surface area contributed by atoms with Gasteiger partial charge in [-0.3, -0.25) is 0 Å². The Morgan fingerprint density at radius 1 is 1.20 bits per heavy atom. The van der Waals surface area contributed by atoms with E-state index in [1.54, 1.807) is 18.3 Å². The molecule has 0 saturated heterocycles. The number of nitriles is 1. The number of azo groups is 1. The first-order valence-corrected chi connectivity index (χ1v) is 2.78. The van der Waals surface area contributed by atoms with Crippen molar-refractivity contribution in [3.8, 4) is 6.19 Å². The smallest absolute Gasteiger partial charge is 0.169 e. The summed E-state index contributed by atoms with van der Waals surface area (Å²) in [5, 5.41) is 14.8. The predicted molar refractivity (Wildman–Crippen MR) is 36.6 cm³/mol. The van der Waals surface area contributed by atoms with Crippen molar-refractivity contribution >= 4 is 5.69 Å². The molecule has 1 rings (SSSR count). The summed E-state index contributed by atoms with van der Waals surface area (Å²) in [5.74, 6) is 0. The fourth-order valence-electron chi connectivity index (χ4n) is 0.575. The van der Waals surface area contributed by atoms with Crippen LogP contribution in [0.4, 0.5) is 5.69 Å². The molecule has 0 aliphatic heterocycles. The van der Waals surface area contributed by atoms with Gasteiger partial charge in [0, 0.05) is 0 Å². The van der Waals surface area contributed by atoms with Crippen molar-refractivity contribution in [2.24, 2.45) is 10.2 Å². The molecule has 10 heavy (non-hydrogen) atoms. The Morgan fingerprint density at radius 2 is 1.90 bits per heavy atom. The molecular formula is C7H5N3. The van der Waals surface area contributed by atoms with Gasteiger partial charge in [0.05, 0.1) is 5.69 Å². The molecule has 0 aromatic heterocycles. The quantitative estimate of drug-likeness (QED) is 0.426. The standard InChI is InChI=1S/C7H5N3/c8-6-9-10-7-4-2-1-3-5-7/h1-5H/b10-9+. The van der Waals surface area contributed by atoms with Crippen LogP contribution in [-0.2, 0) is 0 Å². The molecule has 3 nitrogen and oxygen atoms in total. The van der Waals surface area contributed by atoms with E-state index in [-0.39, 0.29) is 0 Å². The highest BCUT2D eigenvalue weighted by Crippen LogP contribution is 2.08. The molecular weight excluding hydrogens is 126 g/mol. The zero-order valence-corrected chi connectivity index (χ0v) is 5.23. The van der Waals surface area contributed by atoms with E-state index in [0.717, 1.165) is 0 Å². The van der Waals surface area contributed by atoms with Gasteiger partial charge in [0.2, 0.25) is 6.19 Å². The fourth-order valence-corrected chi connectivity index (χ4v) is 0.575. The summed E-state index contributed by atoms with van der Waals surface area (Å²) in [5.41, 5.74) is 0.698. The number of hydrogen-bond donors (Lipinski definition) is 0. The van der Waals surface area contributed by atoms with Crippen LogP contribution in [0.15, 0.2) is 40.6 Å². The Kier molecular flexibility index (Phi) is 2.16. The predicted octanol–water partition coefficient (Wildman–Crippen LogP) is 2.25. The number of rotatable bonds is 1. The van der Waals surface area contributed by atoms with Gasteiger partial charge in [-0.25, -0.2) is 0 Å². The largest absolute Gasteiger partial charge is 0.226 e. The second-order valence-corrected chi connectivity index (χ2v) is 1.64. The van der Waals surface area contributed by atoms with Gasteiger partial charge in [-0.05, 0) is 12.1 Å². The summed E-state index contributed by atoms with van der Waals surface area (Å²) < 4.78 is 0. The van der Waals surface area contributed by atoms with Crippen LogP contribution < -0.4 is 0 Å². The SMILES string of the molecule is N#C/N=N/c1ccccc1. The normalized spacial score (nSPS) is 9.50. The van der Waals surface area contributed by atoms with Gasteiger partial charge in [-0.15, -0.1) is 5.11 Å². The molecule has 0 atom stereocenters. The zero-order valence-electron chi connectivity index (χ0n) is 5.23. The van der Waals surface area contributed by atoms with Crippen LogP contribution in [0.3, 0.4) is 0 Å². The molecule has 1 aromatic rings. The van der Waals surface area contributed by atoms with Crippen LogP contribution >= 0.6 is 0 Å². The second-order valence-electron chi connectivity index (χ2n) is 1.64. The summed E-state index contributed by atoms with van der Waals surface area (Å²) in [6, 6.07) is 9.12. The van der Waals surface area contributed by atoms with Crippen LogP contribution in [0.25, 0.3) is 0 Å². The molecule has 0 radical (unpaired) electrons. The van der Waals surface area contributed by atoms with Crippen molar-refractivity contribution in [1.82, 2.24) is 0 Å².